The maximum absolute atomic E-state index is 6.59. The van der Waals surface area contributed by atoms with Gasteiger partial charge < -0.3 is 4.42 Å². The van der Waals surface area contributed by atoms with E-state index < -0.39 is 0 Å². The first-order valence-electron chi connectivity index (χ1n) is 17.2. The molecule has 0 radical (unpaired) electrons. The van der Waals surface area contributed by atoms with Gasteiger partial charge in [-0.05, 0) is 84.4 Å². The third-order valence-electron chi connectivity index (χ3n) is 9.81. The number of oxazole rings is 1. The van der Waals surface area contributed by atoms with Crippen LogP contribution in [-0.2, 0) is 0 Å². The van der Waals surface area contributed by atoms with Crippen molar-refractivity contribution in [2.24, 2.45) is 0 Å². The molecule has 0 atom stereocenters. The SMILES string of the molecule is c1ccc(-c2cccc3nc(-c4ccc5c(c4)c4cc(-c6nc7ccccc7s6)ccc4n5-c4nc5ccccc5n4-c4ccccc4)oc23)cc1. The molecule has 244 valence electrons. The highest BCUT2D eigenvalue weighted by atomic mass is 32.1. The Hall–Kier alpha value is -6.83. The Bertz CT molecular complexity index is 3100. The van der Waals surface area contributed by atoms with Crippen LogP contribution in [0.4, 0.5) is 0 Å². The van der Waals surface area contributed by atoms with Gasteiger partial charge in [0.2, 0.25) is 11.8 Å². The predicted molar refractivity (Wildman–Crippen MR) is 212 cm³/mol. The van der Waals surface area contributed by atoms with E-state index >= 15 is 0 Å². The van der Waals surface area contributed by atoms with Crippen LogP contribution in [0.25, 0.3) is 98.9 Å². The summed E-state index contributed by atoms with van der Waals surface area (Å²) in [5.74, 6) is 1.40. The van der Waals surface area contributed by atoms with E-state index in [9.17, 15) is 0 Å². The monoisotopic (exact) mass is 685 g/mol. The molecule has 0 aliphatic rings. The first-order valence-corrected chi connectivity index (χ1v) is 18.0. The quantitative estimate of drug-likeness (QED) is 0.181. The largest absolute Gasteiger partial charge is 0.435 e. The molecule has 0 aliphatic heterocycles. The van der Waals surface area contributed by atoms with E-state index in [4.69, 9.17) is 19.4 Å². The van der Waals surface area contributed by atoms with Gasteiger partial charge in [0.15, 0.2) is 5.58 Å². The number of benzene rings is 7. The first kappa shape index (κ1) is 29.0. The molecule has 0 bridgehead atoms. The van der Waals surface area contributed by atoms with Crippen molar-refractivity contribution in [2.75, 3.05) is 0 Å². The number of thiazole rings is 1. The molecule has 0 unspecified atom stereocenters. The predicted octanol–water partition coefficient (Wildman–Crippen LogP) is 11.9. The summed E-state index contributed by atoms with van der Waals surface area (Å²) in [5, 5.41) is 3.16. The van der Waals surface area contributed by atoms with Crippen molar-refractivity contribution >= 4 is 65.5 Å². The lowest BCUT2D eigenvalue weighted by Gasteiger charge is -2.12. The van der Waals surface area contributed by atoms with Gasteiger partial charge in [-0.25, -0.2) is 15.0 Å². The van der Waals surface area contributed by atoms with Crippen LogP contribution < -0.4 is 0 Å². The van der Waals surface area contributed by atoms with Gasteiger partial charge in [0, 0.05) is 33.2 Å². The number of rotatable bonds is 5. The number of fused-ring (bicyclic) bond motifs is 6. The fourth-order valence-electron chi connectivity index (χ4n) is 7.41. The van der Waals surface area contributed by atoms with Gasteiger partial charge in [-0.3, -0.25) is 9.13 Å². The summed E-state index contributed by atoms with van der Waals surface area (Å²) in [4.78, 5) is 15.3. The van der Waals surface area contributed by atoms with Gasteiger partial charge in [0.05, 0.1) is 32.3 Å². The molecular formula is C45H27N5OS. The number of aromatic nitrogens is 5. The number of hydrogen-bond donors (Lipinski definition) is 0. The maximum Gasteiger partial charge on any atom is 0.227 e. The van der Waals surface area contributed by atoms with E-state index in [1.807, 2.05) is 48.5 Å². The van der Waals surface area contributed by atoms with Crippen molar-refractivity contribution in [1.82, 2.24) is 24.1 Å². The van der Waals surface area contributed by atoms with E-state index in [0.29, 0.717) is 5.89 Å². The zero-order valence-electron chi connectivity index (χ0n) is 27.6. The van der Waals surface area contributed by atoms with Crippen molar-refractivity contribution in [3.8, 4) is 44.8 Å². The van der Waals surface area contributed by atoms with Crippen LogP contribution in [0.3, 0.4) is 0 Å². The van der Waals surface area contributed by atoms with E-state index in [2.05, 4.69) is 124 Å². The molecular weight excluding hydrogens is 659 g/mol. The molecule has 6 nitrogen and oxygen atoms in total. The van der Waals surface area contributed by atoms with Crippen LogP contribution in [0.5, 0.6) is 0 Å². The molecule has 0 N–H and O–H groups in total. The van der Waals surface area contributed by atoms with Gasteiger partial charge in [0.1, 0.15) is 10.5 Å². The molecule has 0 spiro atoms. The minimum absolute atomic E-state index is 0.583. The van der Waals surface area contributed by atoms with Crippen molar-refractivity contribution < 1.29 is 4.42 Å². The molecule has 11 rings (SSSR count). The van der Waals surface area contributed by atoms with E-state index in [1.54, 1.807) is 11.3 Å². The Labute approximate surface area is 301 Å². The zero-order chi connectivity index (χ0) is 34.2. The van der Waals surface area contributed by atoms with Gasteiger partial charge in [-0.15, -0.1) is 11.3 Å². The number of para-hydroxylation sites is 5. The molecule has 0 aliphatic carbocycles. The molecule has 0 amide bonds. The summed E-state index contributed by atoms with van der Waals surface area (Å²) in [6.45, 7) is 0. The van der Waals surface area contributed by atoms with Gasteiger partial charge in [-0.1, -0.05) is 84.9 Å². The lowest BCUT2D eigenvalue weighted by atomic mass is 10.1. The lowest BCUT2D eigenvalue weighted by molar-refractivity contribution is 0.621. The standard InChI is InChI=1S/C45H27N5OS/c1-3-12-28(13-4-1)32-16-11-19-37-42(32)51-43(46-37)29-22-24-38-33(26-29)34-27-30(44-47-36-18-8-10-21-41(36)52-44)23-25-39(34)50(38)45-48-35-17-7-9-20-40(35)49(45)31-14-5-2-6-15-31/h1-27H. The Kier molecular flexibility index (Phi) is 6.32. The Morgan fingerprint density at radius 2 is 1.13 bits per heavy atom. The second-order valence-electron chi connectivity index (χ2n) is 12.9. The molecule has 11 aromatic rings. The van der Waals surface area contributed by atoms with Crippen LogP contribution in [-0.4, -0.2) is 24.1 Å². The molecule has 7 aromatic carbocycles. The van der Waals surface area contributed by atoms with Crippen molar-refractivity contribution in [1.29, 1.82) is 0 Å². The van der Waals surface area contributed by atoms with Gasteiger partial charge in [-0.2, -0.15) is 0 Å². The first-order chi connectivity index (χ1) is 25.8. The van der Waals surface area contributed by atoms with Crippen LogP contribution in [0.15, 0.2) is 168 Å². The summed E-state index contributed by atoms with van der Waals surface area (Å²) in [6.07, 6.45) is 0. The van der Waals surface area contributed by atoms with Gasteiger partial charge >= 0.3 is 0 Å². The average Bonchev–Trinajstić information content (AvgIpc) is 3.99. The maximum atomic E-state index is 6.59. The molecule has 0 fully saturated rings. The summed E-state index contributed by atoms with van der Waals surface area (Å²) in [7, 11) is 0. The van der Waals surface area contributed by atoms with Crippen molar-refractivity contribution in [2.45, 2.75) is 0 Å². The van der Waals surface area contributed by atoms with Crippen molar-refractivity contribution in [3.05, 3.63) is 164 Å². The summed E-state index contributed by atoms with van der Waals surface area (Å²) in [6, 6.07) is 56.7. The molecule has 7 heteroatoms. The molecule has 4 aromatic heterocycles. The highest BCUT2D eigenvalue weighted by Gasteiger charge is 2.22. The Balaban J connectivity index is 1.17. The fourth-order valence-corrected chi connectivity index (χ4v) is 8.37. The van der Waals surface area contributed by atoms with Crippen LogP contribution in [0.1, 0.15) is 0 Å². The van der Waals surface area contributed by atoms with Crippen LogP contribution >= 0.6 is 11.3 Å². The van der Waals surface area contributed by atoms with Crippen LogP contribution in [0.2, 0.25) is 0 Å². The van der Waals surface area contributed by atoms with Crippen LogP contribution in [0, 0.1) is 0 Å². The molecule has 52 heavy (non-hydrogen) atoms. The Morgan fingerprint density at radius 1 is 0.462 bits per heavy atom. The minimum Gasteiger partial charge on any atom is -0.435 e. The number of imidazole rings is 1. The average molecular weight is 686 g/mol. The normalized spacial score (nSPS) is 11.8. The summed E-state index contributed by atoms with van der Waals surface area (Å²) >= 11 is 1.71. The summed E-state index contributed by atoms with van der Waals surface area (Å²) in [5.41, 5.74) is 11.8. The second kappa shape index (κ2) is 11.3. The van der Waals surface area contributed by atoms with Crippen molar-refractivity contribution in [3.63, 3.8) is 0 Å². The highest BCUT2D eigenvalue weighted by Crippen LogP contribution is 2.40. The Morgan fingerprint density at radius 3 is 1.94 bits per heavy atom. The highest BCUT2D eigenvalue weighted by molar-refractivity contribution is 7.21. The van der Waals surface area contributed by atoms with E-state index in [1.165, 1.54) is 4.70 Å². The second-order valence-corrected chi connectivity index (χ2v) is 13.9. The van der Waals surface area contributed by atoms with E-state index in [-0.39, 0.29) is 0 Å². The lowest BCUT2D eigenvalue weighted by Crippen LogP contribution is -2.05. The zero-order valence-corrected chi connectivity index (χ0v) is 28.5. The third kappa shape index (κ3) is 4.46. The smallest absolute Gasteiger partial charge is 0.227 e. The number of nitrogens with zero attached hydrogens (tertiary/aromatic N) is 5. The number of hydrogen-bond acceptors (Lipinski definition) is 5. The van der Waals surface area contributed by atoms with Gasteiger partial charge in [0.25, 0.3) is 0 Å². The molecule has 0 saturated heterocycles. The third-order valence-corrected chi connectivity index (χ3v) is 10.9. The minimum atomic E-state index is 0.583. The van der Waals surface area contributed by atoms with E-state index in [0.717, 1.165) is 88.4 Å². The fraction of sp³-hybridized carbons (Fsp3) is 0. The topological polar surface area (TPSA) is 61.7 Å². The molecule has 4 heterocycles. The summed E-state index contributed by atoms with van der Waals surface area (Å²) < 4.78 is 12.3. The molecule has 0 saturated carbocycles.